The van der Waals surface area contributed by atoms with Crippen LogP contribution in [0.5, 0.6) is 11.5 Å². The molecule has 0 fully saturated rings. The Morgan fingerprint density at radius 2 is 2.10 bits per heavy atom. The fourth-order valence-corrected chi connectivity index (χ4v) is 2.34. The van der Waals surface area contributed by atoms with Crippen molar-refractivity contribution in [1.82, 2.24) is 0 Å². The van der Waals surface area contributed by atoms with E-state index >= 15 is 0 Å². The molecular weight excluding hydrogens is 363 g/mol. The quantitative estimate of drug-likeness (QED) is 0.716. The highest BCUT2D eigenvalue weighted by molar-refractivity contribution is 9.10. The molecule has 0 bridgehead atoms. The van der Waals surface area contributed by atoms with Crippen molar-refractivity contribution in [3.8, 4) is 11.5 Å². The second-order valence-electron chi connectivity index (χ2n) is 4.18. The normalized spacial score (nSPS) is 10.3. The first-order valence-corrected chi connectivity index (χ1v) is 7.11. The minimum Gasteiger partial charge on any atom is -0.493 e. The molecule has 0 atom stereocenters. The number of aldehydes is 1. The summed E-state index contributed by atoms with van der Waals surface area (Å²) in [5.74, 6) is 0.207. The molecule has 0 heterocycles. The summed E-state index contributed by atoms with van der Waals surface area (Å²) >= 11 is 9.25. The highest BCUT2D eigenvalue weighted by Gasteiger charge is 2.13. The molecule has 0 N–H and O–H groups in total. The van der Waals surface area contributed by atoms with E-state index in [9.17, 15) is 9.18 Å². The summed E-state index contributed by atoms with van der Waals surface area (Å²) in [6.07, 6.45) is 0.659. The molecular formula is C15H11BrClFO3. The number of methoxy groups -OCH3 is 1. The Labute approximate surface area is 134 Å². The van der Waals surface area contributed by atoms with Crippen LogP contribution in [0.2, 0.25) is 5.02 Å². The van der Waals surface area contributed by atoms with Gasteiger partial charge in [-0.3, -0.25) is 4.79 Å². The van der Waals surface area contributed by atoms with Crippen molar-refractivity contribution in [3.63, 3.8) is 0 Å². The molecule has 0 aliphatic rings. The lowest BCUT2D eigenvalue weighted by Gasteiger charge is -2.13. The first kappa shape index (κ1) is 15.8. The van der Waals surface area contributed by atoms with Gasteiger partial charge in [0, 0.05) is 15.6 Å². The maximum Gasteiger partial charge on any atom is 0.180 e. The second kappa shape index (κ2) is 6.91. The second-order valence-corrected chi connectivity index (χ2v) is 5.50. The Morgan fingerprint density at radius 3 is 2.71 bits per heavy atom. The monoisotopic (exact) mass is 372 g/mol. The largest absolute Gasteiger partial charge is 0.493 e. The van der Waals surface area contributed by atoms with Gasteiger partial charge < -0.3 is 9.47 Å². The summed E-state index contributed by atoms with van der Waals surface area (Å²) < 4.78 is 25.1. The SMILES string of the molecule is COc1cc(C=O)cc(Cl)c1OCc1ccc(Br)cc1F. The Kier molecular flexibility index (Phi) is 5.20. The fraction of sp³-hybridized carbons (Fsp3) is 0.133. The molecule has 2 rings (SSSR count). The average molecular weight is 374 g/mol. The van der Waals surface area contributed by atoms with E-state index in [1.807, 2.05) is 0 Å². The summed E-state index contributed by atoms with van der Waals surface area (Å²) in [6, 6.07) is 7.65. The van der Waals surface area contributed by atoms with Crippen molar-refractivity contribution in [1.29, 1.82) is 0 Å². The van der Waals surface area contributed by atoms with Crippen LogP contribution in [0.15, 0.2) is 34.8 Å². The van der Waals surface area contributed by atoms with Crippen molar-refractivity contribution in [2.45, 2.75) is 6.61 Å². The van der Waals surface area contributed by atoms with E-state index in [0.29, 0.717) is 27.6 Å². The maximum absolute atomic E-state index is 13.7. The molecule has 6 heteroatoms. The van der Waals surface area contributed by atoms with Gasteiger partial charge in [-0.1, -0.05) is 33.6 Å². The molecule has 0 saturated heterocycles. The van der Waals surface area contributed by atoms with Gasteiger partial charge in [0.05, 0.1) is 12.1 Å². The van der Waals surface area contributed by atoms with Gasteiger partial charge in [-0.05, 0) is 24.3 Å². The number of carbonyl (C=O) groups is 1. The zero-order valence-corrected chi connectivity index (χ0v) is 13.4. The maximum atomic E-state index is 13.7. The van der Waals surface area contributed by atoms with E-state index in [2.05, 4.69) is 15.9 Å². The highest BCUT2D eigenvalue weighted by atomic mass is 79.9. The highest BCUT2D eigenvalue weighted by Crippen LogP contribution is 2.36. The smallest absolute Gasteiger partial charge is 0.180 e. The van der Waals surface area contributed by atoms with Crippen molar-refractivity contribution >= 4 is 33.8 Å². The number of carbonyl (C=O) groups excluding carboxylic acids is 1. The Morgan fingerprint density at radius 1 is 1.33 bits per heavy atom. The van der Waals surface area contributed by atoms with Gasteiger partial charge in [0.15, 0.2) is 11.5 Å². The summed E-state index contributed by atoms with van der Waals surface area (Å²) in [5, 5.41) is 0.231. The third-order valence-corrected chi connectivity index (χ3v) is 3.55. The summed E-state index contributed by atoms with van der Waals surface area (Å²) in [6.45, 7) is -0.00434. The van der Waals surface area contributed by atoms with Gasteiger partial charge in [-0.2, -0.15) is 0 Å². The van der Waals surface area contributed by atoms with Gasteiger partial charge in [-0.15, -0.1) is 0 Å². The van der Waals surface area contributed by atoms with Gasteiger partial charge in [-0.25, -0.2) is 4.39 Å². The van der Waals surface area contributed by atoms with E-state index < -0.39 is 0 Å². The number of hydrogen-bond acceptors (Lipinski definition) is 3. The molecule has 0 amide bonds. The van der Waals surface area contributed by atoms with Gasteiger partial charge in [0.2, 0.25) is 0 Å². The van der Waals surface area contributed by atoms with Gasteiger partial charge in [0.25, 0.3) is 0 Å². The van der Waals surface area contributed by atoms with Crippen LogP contribution < -0.4 is 9.47 Å². The lowest BCUT2D eigenvalue weighted by molar-refractivity contribution is 0.112. The third kappa shape index (κ3) is 3.74. The standard InChI is InChI=1S/C15H11BrClFO3/c1-20-14-5-9(7-19)4-12(17)15(14)21-8-10-2-3-11(16)6-13(10)18/h2-7H,8H2,1H3. The van der Waals surface area contributed by atoms with Gasteiger partial charge >= 0.3 is 0 Å². The molecule has 0 aromatic heterocycles. The molecule has 3 nitrogen and oxygen atoms in total. The number of hydrogen-bond donors (Lipinski definition) is 0. The van der Waals surface area contributed by atoms with Crippen LogP contribution in [-0.2, 0) is 6.61 Å². The van der Waals surface area contributed by atoms with Crippen LogP contribution >= 0.6 is 27.5 Å². The Balaban J connectivity index is 2.25. The number of rotatable bonds is 5. The van der Waals surface area contributed by atoms with Crippen molar-refractivity contribution in [2.24, 2.45) is 0 Å². The van der Waals surface area contributed by atoms with E-state index in [1.54, 1.807) is 12.1 Å². The van der Waals surface area contributed by atoms with Crippen LogP contribution in [0.3, 0.4) is 0 Å². The van der Waals surface area contributed by atoms with Gasteiger partial charge in [0.1, 0.15) is 18.7 Å². The topological polar surface area (TPSA) is 35.5 Å². The Hall–Kier alpha value is -1.59. The zero-order chi connectivity index (χ0) is 15.4. The van der Waals surface area contributed by atoms with E-state index in [0.717, 1.165) is 0 Å². The minimum atomic E-state index is -0.385. The molecule has 110 valence electrons. The molecule has 0 radical (unpaired) electrons. The lowest BCUT2D eigenvalue weighted by atomic mass is 10.2. The van der Waals surface area contributed by atoms with Crippen molar-refractivity contribution in [3.05, 3.63) is 56.8 Å². The predicted molar refractivity (Wildman–Crippen MR) is 81.8 cm³/mol. The number of halogens is 3. The molecule has 0 aliphatic carbocycles. The average Bonchev–Trinajstić information content (AvgIpc) is 2.46. The number of benzene rings is 2. The Bertz CT molecular complexity index is 676. The molecule has 21 heavy (non-hydrogen) atoms. The fourth-order valence-electron chi connectivity index (χ4n) is 1.74. The van der Waals surface area contributed by atoms with E-state index in [4.69, 9.17) is 21.1 Å². The molecule has 2 aromatic rings. The van der Waals surface area contributed by atoms with Crippen molar-refractivity contribution in [2.75, 3.05) is 7.11 Å². The first-order valence-electron chi connectivity index (χ1n) is 5.94. The van der Waals surface area contributed by atoms with Crippen LogP contribution in [0, 0.1) is 5.82 Å². The predicted octanol–water partition coefficient (Wildman–Crippen LogP) is 4.64. The molecule has 0 unspecified atom stereocenters. The van der Waals surface area contributed by atoms with Crippen LogP contribution in [0.1, 0.15) is 15.9 Å². The van der Waals surface area contributed by atoms with Crippen molar-refractivity contribution < 1.29 is 18.7 Å². The molecule has 0 aliphatic heterocycles. The van der Waals surface area contributed by atoms with Crippen LogP contribution in [0.4, 0.5) is 4.39 Å². The van der Waals surface area contributed by atoms with E-state index in [-0.39, 0.29) is 23.2 Å². The van der Waals surface area contributed by atoms with Crippen LogP contribution in [-0.4, -0.2) is 13.4 Å². The zero-order valence-electron chi connectivity index (χ0n) is 11.0. The first-order chi connectivity index (χ1) is 10.0. The summed E-state index contributed by atoms with van der Waals surface area (Å²) in [5.41, 5.74) is 0.759. The van der Waals surface area contributed by atoms with Crippen LogP contribution in [0.25, 0.3) is 0 Å². The lowest BCUT2D eigenvalue weighted by Crippen LogP contribution is -2.01. The summed E-state index contributed by atoms with van der Waals surface area (Å²) in [7, 11) is 1.44. The molecule has 2 aromatic carbocycles. The van der Waals surface area contributed by atoms with E-state index in [1.165, 1.54) is 25.3 Å². The number of ether oxygens (including phenoxy) is 2. The molecule has 0 spiro atoms. The third-order valence-electron chi connectivity index (χ3n) is 2.77. The molecule has 0 saturated carbocycles. The minimum absolute atomic E-state index is 0.00434. The summed E-state index contributed by atoms with van der Waals surface area (Å²) in [4.78, 5) is 10.8.